The molecule has 4 aromatic heterocycles. The maximum atomic E-state index is 13.5. The second-order valence-corrected chi connectivity index (χ2v) is 20.5. The number of ether oxygens (including phenoxy) is 1. The summed E-state index contributed by atoms with van der Waals surface area (Å²) in [5, 5.41) is 2.93. The molecule has 0 aromatic carbocycles. The van der Waals surface area contributed by atoms with Crippen molar-refractivity contribution in [3.63, 3.8) is 0 Å². The molecule has 10 heteroatoms. The van der Waals surface area contributed by atoms with Crippen molar-refractivity contribution in [2.45, 2.75) is 111 Å². The molecule has 0 saturated heterocycles. The molecule has 4 rings (SSSR count). The summed E-state index contributed by atoms with van der Waals surface area (Å²) >= 11 is 0. The highest BCUT2D eigenvalue weighted by Gasteiger charge is 2.42. The van der Waals surface area contributed by atoms with E-state index in [4.69, 9.17) is 14.7 Å². The first kappa shape index (κ1) is 37.3. The number of carbonyl (C=O) groups is 2. The number of likely N-dealkylation sites (N-methyl/N-ethyl adjacent to an activating group) is 1. The van der Waals surface area contributed by atoms with Crippen LogP contribution in [-0.2, 0) is 9.53 Å². The Labute approximate surface area is 292 Å². The number of fused-ring (bicyclic) bond motifs is 1. The number of aryl methyl sites for hydroxylation is 2. The minimum absolute atomic E-state index is 0.345. The van der Waals surface area contributed by atoms with Gasteiger partial charge in [-0.15, -0.1) is 5.54 Å². The molecule has 9 nitrogen and oxygen atoms in total. The van der Waals surface area contributed by atoms with E-state index in [1.54, 1.807) is 47.0 Å². The maximum absolute atomic E-state index is 13.5. The number of carbonyl (C=O) groups excluding carboxylic acids is 2. The van der Waals surface area contributed by atoms with Crippen LogP contribution in [0.5, 0.6) is 0 Å². The summed E-state index contributed by atoms with van der Waals surface area (Å²) in [6, 6.07) is 11.0. The normalized spacial score (nSPS) is 12.7. The molecule has 1 N–H and O–H groups in total. The van der Waals surface area contributed by atoms with Gasteiger partial charge in [0.2, 0.25) is 5.91 Å². The molecule has 0 aliphatic carbocycles. The number of hydrogen-bond acceptors (Lipinski definition) is 6. The number of anilines is 1. The molecule has 1 atom stereocenters. The van der Waals surface area contributed by atoms with Crippen LogP contribution in [0.4, 0.5) is 10.6 Å². The molecular weight excluding hydrogens is 629 g/mol. The summed E-state index contributed by atoms with van der Waals surface area (Å²) in [5.41, 5.74) is 11.1. The van der Waals surface area contributed by atoms with Gasteiger partial charge < -0.3 is 10.1 Å². The van der Waals surface area contributed by atoms with Gasteiger partial charge >= 0.3 is 6.09 Å². The van der Waals surface area contributed by atoms with Gasteiger partial charge in [-0.2, -0.15) is 0 Å². The number of amides is 2. The molecule has 1 unspecified atom stereocenters. The third-order valence-corrected chi connectivity index (χ3v) is 15.6. The van der Waals surface area contributed by atoms with Crippen LogP contribution in [-0.4, -0.2) is 63.0 Å². The van der Waals surface area contributed by atoms with Gasteiger partial charge in [0.25, 0.3) is 0 Å². The van der Waals surface area contributed by atoms with E-state index in [9.17, 15) is 9.59 Å². The third-order valence-electron chi connectivity index (χ3n) is 9.35. The van der Waals surface area contributed by atoms with Crippen LogP contribution < -0.4 is 5.32 Å². The Kier molecular flexibility index (Phi) is 11.1. The van der Waals surface area contributed by atoms with Crippen LogP contribution >= 0.6 is 0 Å². The molecule has 0 spiro atoms. The first-order valence-electron chi connectivity index (χ1n) is 17.1. The standard InChI is InChI=1S/C39H52N6O3Si/c1-24(2)49(25(3)4,26(5)6)22-19-32-31(16-17-33(41-32)42-37(46)29(9)44(13)38(47)48-39(10,11)12)36-35(30-15-14-20-40-28(30)8)43-34-23-27(7)18-21-45(34)36/h14-18,20-21,23-26,29H,1-13H3,(H,41,42,46). The largest absolute Gasteiger partial charge is 0.444 e. The van der Waals surface area contributed by atoms with E-state index in [1.807, 2.05) is 31.3 Å². The highest BCUT2D eigenvalue weighted by Crippen LogP contribution is 2.41. The number of hydrogen-bond donors (Lipinski definition) is 1. The van der Waals surface area contributed by atoms with Crippen molar-refractivity contribution in [1.29, 1.82) is 0 Å². The van der Waals surface area contributed by atoms with E-state index in [0.717, 1.165) is 39.4 Å². The summed E-state index contributed by atoms with van der Waals surface area (Å²) in [7, 11) is -0.610. The zero-order valence-corrected chi connectivity index (χ0v) is 32.4. The Bertz CT molecular complexity index is 1890. The lowest BCUT2D eigenvalue weighted by Crippen LogP contribution is -2.45. The van der Waals surface area contributed by atoms with Crippen LogP contribution in [0.25, 0.3) is 28.2 Å². The van der Waals surface area contributed by atoms with Gasteiger partial charge in [0.1, 0.15) is 36.9 Å². The zero-order chi connectivity index (χ0) is 36.4. The molecule has 0 aliphatic heterocycles. The van der Waals surface area contributed by atoms with Gasteiger partial charge in [-0.1, -0.05) is 47.5 Å². The fourth-order valence-corrected chi connectivity index (χ4v) is 11.8. The topological polar surface area (TPSA) is 102 Å². The van der Waals surface area contributed by atoms with Crippen LogP contribution in [0, 0.1) is 25.3 Å². The van der Waals surface area contributed by atoms with Crippen molar-refractivity contribution in [2.75, 3.05) is 12.4 Å². The third kappa shape index (κ3) is 7.88. The fraction of sp³-hybridized carbons (Fsp3) is 0.462. The number of pyridine rings is 3. The predicted octanol–water partition coefficient (Wildman–Crippen LogP) is 8.84. The number of nitrogens with zero attached hydrogens (tertiary/aromatic N) is 5. The van der Waals surface area contributed by atoms with Crippen molar-refractivity contribution in [3.05, 3.63) is 65.7 Å². The predicted molar refractivity (Wildman–Crippen MR) is 201 cm³/mol. The van der Waals surface area contributed by atoms with E-state index in [2.05, 4.69) is 86.8 Å². The Balaban J connectivity index is 1.93. The van der Waals surface area contributed by atoms with E-state index in [0.29, 0.717) is 28.1 Å². The van der Waals surface area contributed by atoms with E-state index >= 15 is 0 Å². The van der Waals surface area contributed by atoms with Crippen molar-refractivity contribution in [3.8, 4) is 34.0 Å². The average Bonchev–Trinajstić information content (AvgIpc) is 3.37. The lowest BCUT2D eigenvalue weighted by atomic mass is 10.0. The number of aromatic nitrogens is 4. The highest BCUT2D eigenvalue weighted by molar-refractivity contribution is 6.90. The first-order chi connectivity index (χ1) is 22.9. The molecule has 4 aromatic rings. The van der Waals surface area contributed by atoms with Gasteiger partial charge in [-0.05, 0) is 100 Å². The molecule has 0 bridgehead atoms. The van der Waals surface area contributed by atoms with Crippen molar-refractivity contribution in [1.82, 2.24) is 24.3 Å². The van der Waals surface area contributed by atoms with E-state index in [1.165, 1.54) is 4.90 Å². The number of rotatable bonds is 8. The highest BCUT2D eigenvalue weighted by atomic mass is 28.3. The second-order valence-electron chi connectivity index (χ2n) is 14.9. The SMILES string of the molecule is Cc1ccn2c(-c3ccc(NC(=O)C(C)N(C)C(=O)OC(C)(C)C)nc3C#C[Si](C(C)C)(C(C)C)C(C)C)c(-c3cccnc3C)nc2c1. The monoisotopic (exact) mass is 680 g/mol. The van der Waals surface area contributed by atoms with Gasteiger partial charge in [-0.3, -0.25) is 19.1 Å². The van der Waals surface area contributed by atoms with E-state index < -0.39 is 25.8 Å². The van der Waals surface area contributed by atoms with Gasteiger partial charge in [-0.25, -0.2) is 14.8 Å². The Morgan fingerprint density at radius 3 is 2.18 bits per heavy atom. The van der Waals surface area contributed by atoms with Crippen LogP contribution in [0.3, 0.4) is 0 Å². The number of imidazole rings is 1. The minimum atomic E-state index is -2.16. The quantitative estimate of drug-likeness (QED) is 0.147. The van der Waals surface area contributed by atoms with Crippen molar-refractivity contribution in [2.24, 2.45) is 0 Å². The zero-order valence-electron chi connectivity index (χ0n) is 31.4. The lowest BCUT2D eigenvalue weighted by Gasteiger charge is -2.38. The Hall–Kier alpha value is -4.49. The summed E-state index contributed by atoms with van der Waals surface area (Å²) < 4.78 is 7.56. The Morgan fingerprint density at radius 2 is 1.59 bits per heavy atom. The molecule has 260 valence electrons. The van der Waals surface area contributed by atoms with E-state index in [-0.39, 0.29) is 5.91 Å². The van der Waals surface area contributed by atoms with Crippen LogP contribution in [0.1, 0.15) is 86.2 Å². The smallest absolute Gasteiger partial charge is 0.410 e. The summed E-state index contributed by atoms with van der Waals surface area (Å²) in [6.07, 6.45) is 3.23. The number of nitrogens with one attached hydrogen (secondary N) is 1. The Morgan fingerprint density at radius 1 is 0.939 bits per heavy atom. The van der Waals surface area contributed by atoms with Crippen molar-refractivity contribution < 1.29 is 14.3 Å². The fourth-order valence-electron chi connectivity index (χ4n) is 6.64. The lowest BCUT2D eigenvalue weighted by molar-refractivity contribution is -0.120. The first-order valence-corrected chi connectivity index (χ1v) is 19.3. The molecule has 0 radical (unpaired) electrons. The summed E-state index contributed by atoms with van der Waals surface area (Å²) in [5.74, 6) is 3.53. The summed E-state index contributed by atoms with van der Waals surface area (Å²) in [4.78, 5) is 42.1. The van der Waals surface area contributed by atoms with Crippen LogP contribution in [0.15, 0.2) is 48.8 Å². The molecule has 0 fully saturated rings. The molecular formula is C39H52N6O3Si. The molecule has 49 heavy (non-hydrogen) atoms. The van der Waals surface area contributed by atoms with Gasteiger partial charge in [0.05, 0.1) is 11.4 Å². The molecule has 0 saturated carbocycles. The van der Waals surface area contributed by atoms with Crippen LogP contribution in [0.2, 0.25) is 16.6 Å². The van der Waals surface area contributed by atoms with Gasteiger partial charge in [0, 0.05) is 36.3 Å². The van der Waals surface area contributed by atoms with Crippen molar-refractivity contribution >= 4 is 31.5 Å². The minimum Gasteiger partial charge on any atom is -0.444 e. The maximum Gasteiger partial charge on any atom is 0.410 e. The summed E-state index contributed by atoms with van der Waals surface area (Å²) in [6.45, 7) is 24.8. The molecule has 0 aliphatic rings. The second kappa shape index (κ2) is 14.5. The van der Waals surface area contributed by atoms with Gasteiger partial charge in [0.15, 0.2) is 0 Å². The average molecular weight is 681 g/mol. The molecule has 2 amide bonds. The molecule has 4 heterocycles.